The topological polar surface area (TPSA) is 46.8 Å². The van der Waals surface area contributed by atoms with Crippen LogP contribution in [0.25, 0.3) is 10.8 Å². The van der Waals surface area contributed by atoms with Gasteiger partial charge >= 0.3 is 0 Å². The maximum atomic E-state index is 6.05. The maximum absolute atomic E-state index is 6.05. The van der Waals surface area contributed by atoms with Crippen LogP contribution in [-0.2, 0) is 0 Å². The zero-order chi connectivity index (χ0) is 15.5. The number of aromatic nitrogens is 4. The summed E-state index contributed by atoms with van der Waals surface area (Å²) in [5.41, 5.74) is 1.20. The summed E-state index contributed by atoms with van der Waals surface area (Å²) in [6.07, 6.45) is 2.61. The lowest BCUT2D eigenvalue weighted by molar-refractivity contribution is 0.354. The van der Waals surface area contributed by atoms with Crippen molar-refractivity contribution in [1.29, 1.82) is 0 Å². The number of benzene rings is 2. The fourth-order valence-electron chi connectivity index (χ4n) is 2.59. The Kier molecular flexibility index (Phi) is 4.36. The first-order valence-electron chi connectivity index (χ1n) is 7.20. The van der Waals surface area contributed by atoms with Crippen LogP contribution in [0, 0.1) is 0 Å². The van der Waals surface area contributed by atoms with E-state index in [0.717, 1.165) is 23.4 Å². The van der Waals surface area contributed by atoms with Gasteiger partial charge in [0.1, 0.15) is 6.33 Å². The number of tetrazole rings is 1. The van der Waals surface area contributed by atoms with Crippen LogP contribution in [0.15, 0.2) is 42.7 Å². The van der Waals surface area contributed by atoms with Crippen LogP contribution in [0.3, 0.4) is 0 Å². The molecule has 0 bridgehead atoms. The Balaban J connectivity index is 1.98. The van der Waals surface area contributed by atoms with Crippen LogP contribution in [-0.4, -0.2) is 45.7 Å². The third kappa shape index (κ3) is 3.26. The normalized spacial score (nSPS) is 12.9. The SMILES string of the molecule is CN(C)CCC(c1ccc2cc(Cl)ccc2c1)n1cnnn1. The third-order valence-corrected chi connectivity index (χ3v) is 3.98. The summed E-state index contributed by atoms with van der Waals surface area (Å²) >= 11 is 6.05. The fourth-order valence-corrected chi connectivity index (χ4v) is 2.77. The molecule has 0 aliphatic carbocycles. The first-order chi connectivity index (χ1) is 10.6. The lowest BCUT2D eigenvalue weighted by Gasteiger charge is -2.19. The van der Waals surface area contributed by atoms with Crippen molar-refractivity contribution in [3.63, 3.8) is 0 Å². The van der Waals surface area contributed by atoms with Gasteiger partial charge in [-0.2, -0.15) is 0 Å². The smallest absolute Gasteiger partial charge is 0.138 e. The lowest BCUT2D eigenvalue weighted by atomic mass is 9.99. The van der Waals surface area contributed by atoms with Crippen molar-refractivity contribution in [3.05, 3.63) is 53.3 Å². The van der Waals surface area contributed by atoms with Gasteiger partial charge in [0.15, 0.2) is 0 Å². The van der Waals surface area contributed by atoms with Crippen molar-refractivity contribution in [2.45, 2.75) is 12.5 Å². The highest BCUT2D eigenvalue weighted by atomic mass is 35.5. The highest BCUT2D eigenvalue weighted by Crippen LogP contribution is 2.26. The molecule has 1 atom stereocenters. The Morgan fingerprint density at radius 1 is 1.14 bits per heavy atom. The van der Waals surface area contributed by atoms with Crippen molar-refractivity contribution >= 4 is 22.4 Å². The first-order valence-corrected chi connectivity index (χ1v) is 7.58. The molecule has 6 heteroatoms. The van der Waals surface area contributed by atoms with E-state index in [4.69, 9.17) is 11.6 Å². The van der Waals surface area contributed by atoms with Crippen molar-refractivity contribution in [2.75, 3.05) is 20.6 Å². The van der Waals surface area contributed by atoms with E-state index in [2.05, 4.69) is 52.7 Å². The number of halogens is 1. The lowest BCUT2D eigenvalue weighted by Crippen LogP contribution is -2.20. The van der Waals surface area contributed by atoms with Gasteiger partial charge in [0.25, 0.3) is 0 Å². The molecular formula is C16H18ClN5. The Morgan fingerprint density at radius 2 is 1.91 bits per heavy atom. The minimum absolute atomic E-state index is 0.123. The quantitative estimate of drug-likeness (QED) is 0.726. The van der Waals surface area contributed by atoms with Gasteiger partial charge in [0, 0.05) is 5.02 Å². The summed E-state index contributed by atoms with van der Waals surface area (Å²) in [6.45, 7) is 0.961. The molecule has 5 nitrogen and oxygen atoms in total. The van der Waals surface area contributed by atoms with E-state index in [0.29, 0.717) is 0 Å². The second kappa shape index (κ2) is 6.42. The summed E-state index contributed by atoms with van der Waals surface area (Å²) in [5.74, 6) is 0. The molecule has 2 aromatic carbocycles. The molecule has 0 aliphatic rings. The van der Waals surface area contributed by atoms with Gasteiger partial charge in [-0.3, -0.25) is 0 Å². The first kappa shape index (κ1) is 14.9. The molecule has 114 valence electrons. The van der Waals surface area contributed by atoms with Gasteiger partial charge in [-0.05, 0) is 72.0 Å². The molecule has 3 rings (SSSR count). The van der Waals surface area contributed by atoms with Crippen LogP contribution < -0.4 is 0 Å². The van der Waals surface area contributed by atoms with E-state index in [9.17, 15) is 0 Å². The summed E-state index contributed by atoms with van der Waals surface area (Å²) in [5, 5.41) is 14.7. The molecular weight excluding hydrogens is 298 g/mol. The highest BCUT2D eigenvalue weighted by molar-refractivity contribution is 6.31. The third-order valence-electron chi connectivity index (χ3n) is 3.75. The van der Waals surface area contributed by atoms with Crippen molar-refractivity contribution in [2.24, 2.45) is 0 Å². The molecule has 0 N–H and O–H groups in total. The Bertz CT molecular complexity index is 754. The van der Waals surface area contributed by atoms with Crippen LogP contribution in [0.1, 0.15) is 18.0 Å². The predicted octanol–water partition coefficient (Wildman–Crippen LogP) is 3.02. The molecule has 0 saturated carbocycles. The molecule has 1 heterocycles. The molecule has 0 radical (unpaired) electrons. The summed E-state index contributed by atoms with van der Waals surface area (Å²) in [4.78, 5) is 2.16. The Labute approximate surface area is 134 Å². The van der Waals surface area contributed by atoms with E-state index in [1.165, 1.54) is 10.9 Å². The fraction of sp³-hybridized carbons (Fsp3) is 0.312. The Morgan fingerprint density at radius 3 is 2.64 bits per heavy atom. The highest BCUT2D eigenvalue weighted by Gasteiger charge is 2.16. The van der Waals surface area contributed by atoms with Crippen LogP contribution >= 0.6 is 11.6 Å². The van der Waals surface area contributed by atoms with E-state index < -0.39 is 0 Å². The van der Waals surface area contributed by atoms with Crippen molar-refractivity contribution in [3.8, 4) is 0 Å². The molecule has 0 amide bonds. The second-order valence-corrected chi connectivity index (χ2v) is 6.08. The number of hydrogen-bond donors (Lipinski definition) is 0. The molecule has 0 fully saturated rings. The molecule has 1 unspecified atom stereocenters. The Hall–Kier alpha value is -1.98. The van der Waals surface area contributed by atoms with Gasteiger partial charge in [-0.1, -0.05) is 29.8 Å². The van der Waals surface area contributed by atoms with Crippen LogP contribution in [0.5, 0.6) is 0 Å². The number of fused-ring (bicyclic) bond motifs is 1. The van der Waals surface area contributed by atoms with Gasteiger partial charge in [0.2, 0.25) is 0 Å². The summed E-state index contributed by atoms with van der Waals surface area (Å²) in [7, 11) is 4.14. The van der Waals surface area contributed by atoms with Crippen LogP contribution in [0.4, 0.5) is 0 Å². The van der Waals surface area contributed by atoms with Crippen molar-refractivity contribution < 1.29 is 0 Å². The van der Waals surface area contributed by atoms with E-state index in [-0.39, 0.29) is 6.04 Å². The van der Waals surface area contributed by atoms with Gasteiger partial charge in [-0.15, -0.1) is 5.10 Å². The van der Waals surface area contributed by atoms with Crippen molar-refractivity contribution in [1.82, 2.24) is 25.1 Å². The molecule has 1 aromatic heterocycles. The average molecular weight is 316 g/mol. The maximum Gasteiger partial charge on any atom is 0.138 e. The largest absolute Gasteiger partial charge is 0.309 e. The van der Waals surface area contributed by atoms with E-state index in [1.807, 2.05) is 22.9 Å². The molecule has 0 aliphatic heterocycles. The van der Waals surface area contributed by atoms with E-state index >= 15 is 0 Å². The number of rotatable bonds is 5. The molecule has 0 spiro atoms. The molecule has 0 saturated heterocycles. The number of nitrogens with zero attached hydrogens (tertiary/aromatic N) is 5. The monoisotopic (exact) mass is 315 g/mol. The molecule has 3 aromatic rings. The van der Waals surface area contributed by atoms with E-state index in [1.54, 1.807) is 6.33 Å². The summed E-state index contributed by atoms with van der Waals surface area (Å²) in [6, 6.07) is 12.5. The van der Waals surface area contributed by atoms with Gasteiger partial charge in [-0.25, -0.2) is 4.68 Å². The number of hydrogen-bond acceptors (Lipinski definition) is 4. The van der Waals surface area contributed by atoms with Crippen LogP contribution in [0.2, 0.25) is 5.02 Å². The average Bonchev–Trinajstić information content (AvgIpc) is 3.01. The zero-order valence-corrected chi connectivity index (χ0v) is 13.4. The zero-order valence-electron chi connectivity index (χ0n) is 12.6. The van der Waals surface area contributed by atoms with Gasteiger partial charge < -0.3 is 4.90 Å². The minimum atomic E-state index is 0.123. The standard InChI is InChI=1S/C16H18ClN5/c1-21(2)8-7-16(22-11-18-19-20-22)14-4-3-13-10-15(17)6-5-12(13)9-14/h3-6,9-11,16H,7-8H2,1-2H3. The second-order valence-electron chi connectivity index (χ2n) is 5.65. The summed E-state index contributed by atoms with van der Waals surface area (Å²) < 4.78 is 1.82. The minimum Gasteiger partial charge on any atom is -0.309 e. The molecule has 22 heavy (non-hydrogen) atoms. The van der Waals surface area contributed by atoms with Gasteiger partial charge in [0.05, 0.1) is 6.04 Å². The predicted molar refractivity (Wildman–Crippen MR) is 88.1 cm³/mol.